The van der Waals surface area contributed by atoms with Gasteiger partial charge in [-0.3, -0.25) is 4.90 Å². The van der Waals surface area contributed by atoms with Crippen LogP contribution in [0.3, 0.4) is 0 Å². The van der Waals surface area contributed by atoms with E-state index >= 15 is 0 Å². The largest absolute Gasteiger partial charge is 0.490 e. The molecule has 2 fully saturated rings. The molecule has 1 aromatic heterocycles. The molecule has 1 aliphatic carbocycles. The first-order valence-corrected chi connectivity index (χ1v) is 11.1. The number of amides is 1. The van der Waals surface area contributed by atoms with Gasteiger partial charge in [0, 0.05) is 24.1 Å². The molecule has 1 aromatic carbocycles. The molecule has 2 aromatic rings. The highest BCUT2D eigenvalue weighted by molar-refractivity contribution is 5.81. The maximum atomic E-state index is 12.1. The number of benzene rings is 1. The minimum Gasteiger partial charge on any atom is -0.490 e. The van der Waals surface area contributed by atoms with Gasteiger partial charge in [-0.05, 0) is 50.1 Å². The molecular weight excluding hydrogens is 436 g/mol. The first-order valence-electron chi connectivity index (χ1n) is 11.1. The molecule has 1 aliphatic heterocycles. The lowest BCUT2D eigenvalue weighted by Gasteiger charge is -2.20. The van der Waals surface area contributed by atoms with Gasteiger partial charge in [0.05, 0.1) is 24.3 Å². The van der Waals surface area contributed by atoms with E-state index in [1.165, 1.54) is 4.90 Å². The lowest BCUT2D eigenvalue weighted by molar-refractivity contribution is 0.130. The number of nitriles is 1. The summed E-state index contributed by atoms with van der Waals surface area (Å²) in [6, 6.07) is 6.94. The van der Waals surface area contributed by atoms with Crippen LogP contribution < -0.4 is 4.74 Å². The molecule has 34 heavy (non-hydrogen) atoms. The van der Waals surface area contributed by atoms with Crippen LogP contribution in [0.25, 0.3) is 17.0 Å². The second kappa shape index (κ2) is 9.53. The molecule has 4 rings (SSSR count). The Morgan fingerprint density at radius 1 is 1.47 bits per heavy atom. The predicted octanol–water partition coefficient (Wildman–Crippen LogP) is 3.87. The van der Waals surface area contributed by atoms with Gasteiger partial charge in [-0.15, -0.1) is 0 Å². The van der Waals surface area contributed by atoms with Crippen LogP contribution in [0.1, 0.15) is 38.6 Å². The van der Waals surface area contributed by atoms with E-state index in [1.54, 1.807) is 18.2 Å². The van der Waals surface area contributed by atoms with Crippen LogP contribution in [-0.2, 0) is 4.74 Å². The van der Waals surface area contributed by atoms with Crippen molar-refractivity contribution < 1.29 is 23.9 Å². The molecule has 2 atom stereocenters. The minimum absolute atomic E-state index is 0.0606. The zero-order valence-corrected chi connectivity index (χ0v) is 19.3. The third-order valence-corrected chi connectivity index (χ3v) is 5.70. The standard InChI is InChI=1S/C25H26N4O5/c1-5-6-18(19-12-21-22(15(19)4)29(9-10-30)25(31)33-21)23-27-24(34-28-23)16-7-8-20(32-14(2)3)17(11-16)13-26/h5-8,11,14,21-22,30H,4,9-10,12H2,1-3H3/b6-5-,19-18+/t21-,22+/m1/s1. The van der Waals surface area contributed by atoms with Gasteiger partial charge in [-0.25, -0.2) is 4.79 Å². The van der Waals surface area contributed by atoms with Crippen molar-refractivity contribution >= 4 is 11.7 Å². The zero-order valence-electron chi connectivity index (χ0n) is 19.3. The fraction of sp³-hybridized carbons (Fsp3) is 0.360. The third kappa shape index (κ3) is 4.20. The Labute approximate surface area is 197 Å². The van der Waals surface area contributed by atoms with Crippen molar-refractivity contribution in [1.82, 2.24) is 15.0 Å². The molecule has 2 aliphatic rings. The van der Waals surface area contributed by atoms with E-state index in [-0.39, 0.29) is 37.3 Å². The van der Waals surface area contributed by atoms with Crippen molar-refractivity contribution in [3.05, 3.63) is 59.5 Å². The quantitative estimate of drug-likeness (QED) is 0.658. The van der Waals surface area contributed by atoms with Gasteiger partial charge in [0.15, 0.2) is 0 Å². The van der Waals surface area contributed by atoms with Crippen molar-refractivity contribution in [2.24, 2.45) is 0 Å². The second-order valence-corrected chi connectivity index (χ2v) is 8.32. The highest BCUT2D eigenvalue weighted by Crippen LogP contribution is 2.43. The van der Waals surface area contributed by atoms with Crippen molar-refractivity contribution in [1.29, 1.82) is 5.26 Å². The summed E-state index contributed by atoms with van der Waals surface area (Å²) in [6.45, 7) is 9.89. The third-order valence-electron chi connectivity index (χ3n) is 5.70. The van der Waals surface area contributed by atoms with Crippen LogP contribution in [0, 0.1) is 11.3 Å². The van der Waals surface area contributed by atoms with E-state index < -0.39 is 6.09 Å². The number of aliphatic hydroxyl groups is 1. The van der Waals surface area contributed by atoms with Gasteiger partial charge in [0.25, 0.3) is 5.89 Å². The summed E-state index contributed by atoms with van der Waals surface area (Å²) in [7, 11) is 0. The Morgan fingerprint density at radius 2 is 2.26 bits per heavy atom. The first kappa shape index (κ1) is 23.3. The van der Waals surface area contributed by atoms with E-state index in [4.69, 9.17) is 14.0 Å². The number of ether oxygens (including phenoxy) is 2. The highest BCUT2D eigenvalue weighted by atomic mass is 16.6. The highest BCUT2D eigenvalue weighted by Gasteiger charge is 2.49. The predicted molar refractivity (Wildman–Crippen MR) is 124 cm³/mol. The van der Waals surface area contributed by atoms with Gasteiger partial charge in [-0.2, -0.15) is 10.2 Å². The Balaban J connectivity index is 1.68. The summed E-state index contributed by atoms with van der Waals surface area (Å²) in [5.74, 6) is 1.13. The van der Waals surface area contributed by atoms with Gasteiger partial charge < -0.3 is 19.1 Å². The number of carbonyl (C=O) groups is 1. The maximum Gasteiger partial charge on any atom is 0.410 e. The second-order valence-electron chi connectivity index (χ2n) is 8.32. The Bertz CT molecular complexity index is 1220. The number of aliphatic hydroxyl groups excluding tert-OH is 1. The van der Waals surface area contributed by atoms with Gasteiger partial charge >= 0.3 is 6.09 Å². The molecular formula is C25H26N4O5. The van der Waals surface area contributed by atoms with Crippen LogP contribution in [0.5, 0.6) is 5.75 Å². The van der Waals surface area contributed by atoms with Gasteiger partial charge in [0.2, 0.25) is 5.82 Å². The van der Waals surface area contributed by atoms with Crippen molar-refractivity contribution in [2.45, 2.75) is 45.4 Å². The SMILES string of the molecule is C=C1/C(=C(\C=C/C)c2noc(-c3ccc(OC(C)C)c(C#N)c3)n2)C[C@H]2OC(=O)N(CCO)[C@@H]12. The summed E-state index contributed by atoms with van der Waals surface area (Å²) in [6.07, 6.45) is 3.31. The summed E-state index contributed by atoms with van der Waals surface area (Å²) >= 11 is 0. The summed E-state index contributed by atoms with van der Waals surface area (Å²) in [4.78, 5) is 18.2. The van der Waals surface area contributed by atoms with Crippen LogP contribution >= 0.6 is 0 Å². The molecule has 1 N–H and O–H groups in total. The number of nitrogens with zero attached hydrogens (tertiary/aromatic N) is 4. The Hall–Kier alpha value is -3.90. The van der Waals surface area contributed by atoms with Crippen molar-refractivity contribution in [2.75, 3.05) is 13.2 Å². The molecule has 9 heteroatoms. The van der Waals surface area contributed by atoms with Crippen LogP contribution in [0.4, 0.5) is 4.79 Å². The Kier molecular flexibility index (Phi) is 6.52. The van der Waals surface area contributed by atoms with Crippen molar-refractivity contribution in [3.8, 4) is 23.3 Å². The van der Waals surface area contributed by atoms with Crippen molar-refractivity contribution in [3.63, 3.8) is 0 Å². The topological polar surface area (TPSA) is 122 Å². The average Bonchev–Trinajstić information content (AvgIpc) is 3.49. The van der Waals surface area contributed by atoms with E-state index in [2.05, 4.69) is 22.8 Å². The van der Waals surface area contributed by atoms with Crippen LogP contribution in [-0.4, -0.2) is 57.6 Å². The van der Waals surface area contributed by atoms with E-state index in [1.807, 2.05) is 32.9 Å². The molecule has 0 bridgehead atoms. The first-order chi connectivity index (χ1) is 16.4. The lowest BCUT2D eigenvalue weighted by Crippen LogP contribution is -2.37. The maximum absolute atomic E-state index is 12.1. The number of hydrogen-bond donors (Lipinski definition) is 1. The number of allylic oxidation sites excluding steroid dienone is 3. The monoisotopic (exact) mass is 462 g/mol. The molecule has 0 radical (unpaired) electrons. The molecule has 1 amide bonds. The summed E-state index contributed by atoms with van der Waals surface area (Å²) in [5.41, 5.74) is 3.29. The molecule has 1 saturated heterocycles. The number of rotatable bonds is 7. The number of β-amino-alcohol motifs (C(OH)–C–C–N with tert-alkyl or cyclic N) is 1. The van der Waals surface area contributed by atoms with Gasteiger partial charge in [0.1, 0.15) is 17.9 Å². The lowest BCUT2D eigenvalue weighted by atomic mass is 10.0. The van der Waals surface area contributed by atoms with E-state index in [0.717, 1.165) is 16.7 Å². The summed E-state index contributed by atoms with van der Waals surface area (Å²) in [5, 5.41) is 23.0. The number of hydrogen-bond acceptors (Lipinski definition) is 8. The zero-order chi connectivity index (χ0) is 24.4. The van der Waals surface area contributed by atoms with Crippen LogP contribution in [0.15, 0.2) is 52.6 Å². The molecule has 9 nitrogen and oxygen atoms in total. The number of aromatic nitrogens is 2. The minimum atomic E-state index is -0.447. The average molecular weight is 463 g/mol. The Morgan fingerprint density at radius 3 is 2.94 bits per heavy atom. The van der Waals surface area contributed by atoms with Crippen LogP contribution in [0.2, 0.25) is 0 Å². The molecule has 2 heterocycles. The fourth-order valence-electron chi connectivity index (χ4n) is 4.31. The van der Waals surface area contributed by atoms with E-state index in [9.17, 15) is 15.2 Å². The molecule has 1 saturated carbocycles. The smallest absolute Gasteiger partial charge is 0.410 e. The fourth-order valence-corrected chi connectivity index (χ4v) is 4.31. The molecule has 0 unspecified atom stereocenters. The normalized spacial score (nSPS) is 21.2. The number of carbonyl (C=O) groups excluding carboxylic acids is 1. The van der Waals surface area contributed by atoms with Gasteiger partial charge in [-0.1, -0.05) is 23.9 Å². The molecule has 0 spiro atoms. The number of fused-ring (bicyclic) bond motifs is 1. The summed E-state index contributed by atoms with van der Waals surface area (Å²) < 4.78 is 16.7. The molecule has 176 valence electrons. The van der Waals surface area contributed by atoms with E-state index in [0.29, 0.717) is 29.1 Å².